The molecule has 0 spiro atoms. The summed E-state index contributed by atoms with van der Waals surface area (Å²) in [5.41, 5.74) is 5.70. The second-order valence-electron chi connectivity index (χ2n) is 8.61. The normalized spacial score (nSPS) is 14.9. The standard InChI is InChI=1S/C25H28N6O/c1-18-15-22(27-29(3)25(18)32)24-26-21-10-9-20(30-13-11-28(2)12-14-30)16-23(21)31(24)17-19-7-5-4-6-8-19/h4-10,15-16H,11-14,17H2,1-3H3. The van der Waals surface area contributed by atoms with E-state index in [0.717, 1.165) is 43.0 Å². The van der Waals surface area contributed by atoms with Crippen LogP contribution in [0.3, 0.4) is 0 Å². The molecule has 0 N–H and O–H groups in total. The van der Waals surface area contributed by atoms with E-state index in [0.29, 0.717) is 17.8 Å². The van der Waals surface area contributed by atoms with Gasteiger partial charge in [0, 0.05) is 51.0 Å². The number of fused-ring (bicyclic) bond motifs is 1. The van der Waals surface area contributed by atoms with Crippen LogP contribution in [0.15, 0.2) is 59.4 Å². The third-order valence-electron chi connectivity index (χ3n) is 6.26. The number of hydrogen-bond donors (Lipinski definition) is 0. The van der Waals surface area contributed by atoms with Gasteiger partial charge in [0.05, 0.1) is 11.0 Å². The van der Waals surface area contributed by atoms with Gasteiger partial charge in [-0.25, -0.2) is 9.67 Å². The van der Waals surface area contributed by atoms with E-state index in [2.05, 4.69) is 69.0 Å². The van der Waals surface area contributed by atoms with Gasteiger partial charge in [0.15, 0.2) is 5.82 Å². The van der Waals surface area contributed by atoms with Gasteiger partial charge in [-0.3, -0.25) is 4.79 Å². The minimum Gasteiger partial charge on any atom is -0.369 e. The van der Waals surface area contributed by atoms with Gasteiger partial charge in [-0.15, -0.1) is 0 Å². The summed E-state index contributed by atoms with van der Waals surface area (Å²) >= 11 is 0. The van der Waals surface area contributed by atoms with E-state index in [9.17, 15) is 4.79 Å². The minimum absolute atomic E-state index is 0.0863. The summed E-state index contributed by atoms with van der Waals surface area (Å²) < 4.78 is 3.61. The van der Waals surface area contributed by atoms with Gasteiger partial charge in [0.1, 0.15) is 5.69 Å². The topological polar surface area (TPSA) is 59.2 Å². The number of likely N-dealkylation sites (N-methyl/N-ethyl adjacent to an activating group) is 1. The molecule has 164 valence electrons. The first-order valence-electron chi connectivity index (χ1n) is 11.0. The molecule has 2 aromatic heterocycles. The van der Waals surface area contributed by atoms with Crippen molar-refractivity contribution in [3.8, 4) is 11.5 Å². The molecule has 3 heterocycles. The van der Waals surface area contributed by atoms with Crippen molar-refractivity contribution in [3.63, 3.8) is 0 Å². The summed E-state index contributed by atoms with van der Waals surface area (Å²) in [5.74, 6) is 0.776. The quantitative estimate of drug-likeness (QED) is 0.500. The van der Waals surface area contributed by atoms with Crippen molar-refractivity contribution in [1.29, 1.82) is 0 Å². The molecule has 0 unspecified atom stereocenters. The Morgan fingerprint density at radius 2 is 1.69 bits per heavy atom. The maximum Gasteiger partial charge on any atom is 0.269 e. The summed E-state index contributed by atoms with van der Waals surface area (Å²) in [4.78, 5) is 22.0. The van der Waals surface area contributed by atoms with Crippen LogP contribution in [0.25, 0.3) is 22.6 Å². The Kier molecular flexibility index (Phi) is 5.27. The minimum atomic E-state index is -0.0863. The molecule has 0 radical (unpaired) electrons. The molecular weight excluding hydrogens is 400 g/mol. The van der Waals surface area contributed by atoms with Gasteiger partial charge < -0.3 is 14.4 Å². The van der Waals surface area contributed by atoms with Crippen LogP contribution in [0.1, 0.15) is 11.1 Å². The van der Waals surface area contributed by atoms with E-state index in [-0.39, 0.29) is 5.56 Å². The molecule has 0 amide bonds. The van der Waals surface area contributed by atoms with Gasteiger partial charge >= 0.3 is 0 Å². The van der Waals surface area contributed by atoms with Crippen molar-refractivity contribution in [2.45, 2.75) is 13.5 Å². The summed E-state index contributed by atoms with van der Waals surface area (Å²) in [6.07, 6.45) is 0. The maximum absolute atomic E-state index is 12.2. The molecule has 4 aromatic rings. The van der Waals surface area contributed by atoms with Crippen molar-refractivity contribution in [2.75, 3.05) is 38.1 Å². The number of piperazine rings is 1. The molecule has 1 aliphatic heterocycles. The van der Waals surface area contributed by atoms with Crippen LogP contribution in [-0.2, 0) is 13.6 Å². The summed E-state index contributed by atoms with van der Waals surface area (Å²) in [5, 5.41) is 4.53. The SMILES string of the molecule is Cc1cc(-c2nc3ccc(N4CCN(C)CC4)cc3n2Cc2ccccc2)nn(C)c1=O. The molecule has 1 fully saturated rings. The fraction of sp³-hybridized carbons (Fsp3) is 0.320. The lowest BCUT2D eigenvalue weighted by Crippen LogP contribution is -2.44. The van der Waals surface area contributed by atoms with Gasteiger partial charge in [-0.05, 0) is 43.8 Å². The van der Waals surface area contributed by atoms with E-state index in [1.807, 2.05) is 19.1 Å². The number of anilines is 1. The first-order valence-corrected chi connectivity index (χ1v) is 11.0. The van der Waals surface area contributed by atoms with Crippen LogP contribution in [0.2, 0.25) is 0 Å². The van der Waals surface area contributed by atoms with Crippen molar-refractivity contribution in [2.24, 2.45) is 7.05 Å². The zero-order chi connectivity index (χ0) is 22.2. The van der Waals surface area contributed by atoms with E-state index >= 15 is 0 Å². The van der Waals surface area contributed by atoms with Crippen LogP contribution < -0.4 is 10.5 Å². The third kappa shape index (κ3) is 3.80. The van der Waals surface area contributed by atoms with Gasteiger partial charge in [0.2, 0.25) is 0 Å². The van der Waals surface area contributed by atoms with Crippen molar-refractivity contribution >= 4 is 16.7 Å². The number of hydrogen-bond acceptors (Lipinski definition) is 5. The fourth-order valence-corrected chi connectivity index (χ4v) is 4.36. The average molecular weight is 429 g/mol. The highest BCUT2D eigenvalue weighted by atomic mass is 16.1. The van der Waals surface area contributed by atoms with Gasteiger partial charge in [-0.1, -0.05) is 30.3 Å². The van der Waals surface area contributed by atoms with E-state index in [1.54, 1.807) is 7.05 Å². The fourth-order valence-electron chi connectivity index (χ4n) is 4.36. The Balaban J connectivity index is 1.65. The Bertz CT molecular complexity index is 1290. The number of imidazole rings is 1. The van der Waals surface area contributed by atoms with Crippen LogP contribution in [0, 0.1) is 6.92 Å². The lowest BCUT2D eigenvalue weighted by molar-refractivity contribution is 0.313. The molecular formula is C25H28N6O. The lowest BCUT2D eigenvalue weighted by atomic mass is 10.2. The molecule has 7 heteroatoms. The van der Waals surface area contributed by atoms with Crippen LogP contribution in [0.5, 0.6) is 0 Å². The first-order chi connectivity index (χ1) is 15.5. The molecule has 2 aromatic carbocycles. The smallest absolute Gasteiger partial charge is 0.269 e. The van der Waals surface area contributed by atoms with Crippen molar-refractivity contribution in [3.05, 3.63) is 76.1 Å². The summed E-state index contributed by atoms with van der Waals surface area (Å²) in [6.45, 7) is 6.67. The number of benzene rings is 2. The average Bonchev–Trinajstić information content (AvgIpc) is 3.16. The van der Waals surface area contributed by atoms with Gasteiger partial charge in [0.25, 0.3) is 5.56 Å². The molecule has 32 heavy (non-hydrogen) atoms. The second kappa shape index (κ2) is 8.24. The number of nitrogens with zero attached hydrogens (tertiary/aromatic N) is 6. The number of aryl methyl sites for hydroxylation is 2. The predicted octanol–water partition coefficient (Wildman–Crippen LogP) is 2.91. The molecule has 5 rings (SSSR count). The van der Waals surface area contributed by atoms with Crippen LogP contribution >= 0.6 is 0 Å². The summed E-state index contributed by atoms with van der Waals surface area (Å²) in [6, 6.07) is 18.7. The largest absolute Gasteiger partial charge is 0.369 e. The van der Waals surface area contributed by atoms with E-state index in [1.165, 1.54) is 15.9 Å². The lowest BCUT2D eigenvalue weighted by Gasteiger charge is -2.34. The molecule has 0 saturated carbocycles. The zero-order valence-corrected chi connectivity index (χ0v) is 18.8. The highest BCUT2D eigenvalue weighted by Crippen LogP contribution is 2.29. The molecule has 0 aliphatic carbocycles. The first kappa shape index (κ1) is 20.5. The molecule has 7 nitrogen and oxygen atoms in total. The highest BCUT2D eigenvalue weighted by Gasteiger charge is 2.19. The molecule has 1 saturated heterocycles. The third-order valence-corrected chi connectivity index (χ3v) is 6.26. The molecule has 1 aliphatic rings. The Hall–Kier alpha value is -3.45. The molecule has 0 bridgehead atoms. The van der Waals surface area contributed by atoms with Crippen molar-refractivity contribution < 1.29 is 0 Å². The number of aromatic nitrogens is 4. The van der Waals surface area contributed by atoms with Crippen molar-refractivity contribution in [1.82, 2.24) is 24.2 Å². The summed E-state index contributed by atoms with van der Waals surface area (Å²) in [7, 11) is 3.86. The maximum atomic E-state index is 12.2. The van der Waals surface area contributed by atoms with Crippen LogP contribution in [0.4, 0.5) is 5.69 Å². The molecule has 0 atom stereocenters. The van der Waals surface area contributed by atoms with Crippen LogP contribution in [-0.4, -0.2) is 57.5 Å². The monoisotopic (exact) mass is 428 g/mol. The second-order valence-corrected chi connectivity index (χ2v) is 8.61. The van der Waals surface area contributed by atoms with E-state index in [4.69, 9.17) is 4.98 Å². The van der Waals surface area contributed by atoms with Gasteiger partial charge in [-0.2, -0.15) is 5.10 Å². The van der Waals surface area contributed by atoms with E-state index < -0.39 is 0 Å². The number of rotatable bonds is 4. The Labute approximate surface area is 187 Å². The Morgan fingerprint density at radius 1 is 0.938 bits per heavy atom. The Morgan fingerprint density at radius 3 is 2.41 bits per heavy atom. The highest BCUT2D eigenvalue weighted by molar-refractivity contribution is 5.84. The predicted molar refractivity (Wildman–Crippen MR) is 128 cm³/mol. The zero-order valence-electron chi connectivity index (χ0n) is 18.8.